The number of carbonyl (C=O) groups is 2. The molecule has 0 aliphatic carbocycles. The van der Waals surface area contributed by atoms with Gasteiger partial charge < -0.3 is 15.2 Å². The fraction of sp³-hybridized carbons (Fsp3) is 0.333. The van der Waals surface area contributed by atoms with Gasteiger partial charge >= 0.3 is 7.82 Å². The van der Waals surface area contributed by atoms with Crippen LogP contribution in [0.2, 0.25) is 0 Å². The maximum Gasteiger partial charge on any atom is 0.524 e. The van der Waals surface area contributed by atoms with E-state index in [1.807, 2.05) is 0 Å². The zero-order valence-electron chi connectivity index (χ0n) is 11.4. The van der Waals surface area contributed by atoms with Gasteiger partial charge in [-0.25, -0.2) is 4.57 Å². The third-order valence-corrected chi connectivity index (χ3v) is 4.30. The Kier molecular flexibility index (Phi) is 5.47. The molecule has 0 aromatic heterocycles. The molecule has 1 aliphatic heterocycles. The minimum absolute atomic E-state index is 0.0485. The molecular formula is C12H15N2O6PS. The predicted molar refractivity (Wildman–Crippen MR) is 80.7 cm³/mol. The number of benzene rings is 1. The van der Waals surface area contributed by atoms with Crippen molar-refractivity contribution < 1.29 is 28.5 Å². The molecule has 0 unspecified atom stereocenters. The summed E-state index contributed by atoms with van der Waals surface area (Å²) >= 11 is 1.57. The molecule has 120 valence electrons. The van der Waals surface area contributed by atoms with Crippen LogP contribution in [0.5, 0.6) is 5.75 Å². The zero-order valence-corrected chi connectivity index (χ0v) is 13.1. The second kappa shape index (κ2) is 7.15. The monoisotopic (exact) mass is 346 g/mol. The highest BCUT2D eigenvalue weighted by Gasteiger charge is 2.23. The summed E-state index contributed by atoms with van der Waals surface area (Å²) < 4.78 is 15.1. The van der Waals surface area contributed by atoms with Gasteiger partial charge in [0.2, 0.25) is 5.91 Å². The first-order chi connectivity index (χ1) is 10.3. The van der Waals surface area contributed by atoms with Gasteiger partial charge in [-0.1, -0.05) is 0 Å². The third kappa shape index (κ3) is 5.03. The van der Waals surface area contributed by atoms with Crippen LogP contribution in [0, 0.1) is 0 Å². The van der Waals surface area contributed by atoms with E-state index in [4.69, 9.17) is 9.79 Å². The van der Waals surface area contributed by atoms with Gasteiger partial charge in [0.25, 0.3) is 5.91 Å². The standard InChI is InChI=1S/C12H15N2O6PS/c15-11(14-10-7-22-6-5-13-12(10)16)8-1-3-9(4-2-8)20-21(17,18)19/h1-4,10H,5-7H2,(H,13,16)(H,14,15)(H2,17,18,19)/t10-/m0/s1. The number of phosphoric acid groups is 1. The second-order valence-corrected chi connectivity index (χ2v) is 6.81. The average Bonchev–Trinajstić information content (AvgIpc) is 2.63. The Hall–Kier alpha value is -1.54. The topological polar surface area (TPSA) is 125 Å². The third-order valence-electron chi connectivity index (χ3n) is 2.79. The molecule has 0 spiro atoms. The Morgan fingerprint density at radius 1 is 1.36 bits per heavy atom. The first-order valence-corrected chi connectivity index (χ1v) is 9.05. The van der Waals surface area contributed by atoms with E-state index in [1.54, 1.807) is 11.8 Å². The van der Waals surface area contributed by atoms with Crippen molar-refractivity contribution in [3.05, 3.63) is 29.8 Å². The van der Waals surface area contributed by atoms with Crippen molar-refractivity contribution in [3.8, 4) is 5.75 Å². The fourth-order valence-electron chi connectivity index (χ4n) is 1.80. The molecule has 10 heteroatoms. The number of amides is 2. The lowest BCUT2D eigenvalue weighted by atomic mass is 10.2. The highest BCUT2D eigenvalue weighted by Crippen LogP contribution is 2.37. The molecular weight excluding hydrogens is 331 g/mol. The molecule has 1 heterocycles. The molecule has 1 aliphatic rings. The van der Waals surface area contributed by atoms with Crippen LogP contribution in [0.4, 0.5) is 0 Å². The number of phosphoric ester groups is 1. The highest BCUT2D eigenvalue weighted by molar-refractivity contribution is 7.99. The van der Waals surface area contributed by atoms with Crippen LogP contribution in [0.25, 0.3) is 0 Å². The van der Waals surface area contributed by atoms with Crippen molar-refractivity contribution in [3.63, 3.8) is 0 Å². The van der Waals surface area contributed by atoms with Crippen molar-refractivity contribution in [2.75, 3.05) is 18.1 Å². The van der Waals surface area contributed by atoms with Crippen LogP contribution in [0.3, 0.4) is 0 Å². The summed E-state index contributed by atoms with van der Waals surface area (Å²) in [5.41, 5.74) is 0.264. The smallest absolute Gasteiger partial charge is 0.404 e. The van der Waals surface area contributed by atoms with Crippen molar-refractivity contribution in [2.24, 2.45) is 0 Å². The summed E-state index contributed by atoms with van der Waals surface area (Å²) in [6.45, 7) is 0.574. The summed E-state index contributed by atoms with van der Waals surface area (Å²) in [5, 5.41) is 5.33. The van der Waals surface area contributed by atoms with Gasteiger partial charge in [0, 0.05) is 23.6 Å². The molecule has 2 amide bonds. The normalized spacial score (nSPS) is 19.0. The van der Waals surface area contributed by atoms with Gasteiger partial charge in [-0.05, 0) is 24.3 Å². The highest BCUT2D eigenvalue weighted by atomic mass is 32.2. The molecule has 1 atom stereocenters. The van der Waals surface area contributed by atoms with Crippen molar-refractivity contribution >= 4 is 31.4 Å². The molecule has 8 nitrogen and oxygen atoms in total. The molecule has 1 saturated heterocycles. The molecule has 2 rings (SSSR count). The van der Waals surface area contributed by atoms with E-state index in [0.717, 1.165) is 5.75 Å². The van der Waals surface area contributed by atoms with E-state index in [-0.39, 0.29) is 17.2 Å². The lowest BCUT2D eigenvalue weighted by Crippen LogP contribution is -2.47. The fourth-order valence-corrected chi connectivity index (χ4v) is 3.08. The first kappa shape index (κ1) is 16.8. The molecule has 4 N–H and O–H groups in total. The average molecular weight is 346 g/mol. The van der Waals surface area contributed by atoms with Crippen LogP contribution >= 0.6 is 19.6 Å². The van der Waals surface area contributed by atoms with Crippen molar-refractivity contribution in [1.82, 2.24) is 10.6 Å². The summed E-state index contributed by atoms with van der Waals surface area (Å²) in [4.78, 5) is 41.2. The van der Waals surface area contributed by atoms with Gasteiger partial charge in [-0.2, -0.15) is 11.8 Å². The van der Waals surface area contributed by atoms with E-state index >= 15 is 0 Å². The number of carbonyl (C=O) groups excluding carboxylic acids is 2. The number of thioether (sulfide) groups is 1. The van der Waals surface area contributed by atoms with Gasteiger partial charge in [0.1, 0.15) is 11.8 Å². The van der Waals surface area contributed by atoms with E-state index < -0.39 is 19.8 Å². The van der Waals surface area contributed by atoms with Gasteiger partial charge in [-0.3, -0.25) is 19.4 Å². The number of nitrogens with one attached hydrogen (secondary N) is 2. The zero-order chi connectivity index (χ0) is 16.2. The lowest BCUT2D eigenvalue weighted by molar-refractivity contribution is -0.122. The largest absolute Gasteiger partial charge is 0.524 e. The van der Waals surface area contributed by atoms with E-state index in [0.29, 0.717) is 12.3 Å². The van der Waals surface area contributed by atoms with Crippen LogP contribution in [-0.2, 0) is 9.36 Å². The molecule has 0 bridgehead atoms. The summed E-state index contributed by atoms with van der Waals surface area (Å²) in [6.07, 6.45) is 0. The number of hydrogen-bond donors (Lipinski definition) is 4. The quantitative estimate of drug-likeness (QED) is 0.571. The van der Waals surface area contributed by atoms with Crippen LogP contribution in [-0.4, -0.2) is 45.7 Å². The van der Waals surface area contributed by atoms with Crippen LogP contribution in [0.1, 0.15) is 10.4 Å². The minimum Gasteiger partial charge on any atom is -0.404 e. The Balaban J connectivity index is 2.00. The molecule has 0 saturated carbocycles. The molecule has 0 radical (unpaired) electrons. The maximum atomic E-state index is 12.1. The molecule has 1 aromatic rings. The Labute approximate surface area is 130 Å². The number of hydrogen-bond acceptors (Lipinski definition) is 5. The van der Waals surface area contributed by atoms with Gasteiger partial charge in [-0.15, -0.1) is 0 Å². The van der Waals surface area contributed by atoms with E-state index in [2.05, 4.69) is 15.2 Å². The van der Waals surface area contributed by atoms with Crippen molar-refractivity contribution in [1.29, 1.82) is 0 Å². The second-order valence-electron chi connectivity index (χ2n) is 4.50. The molecule has 1 fully saturated rings. The minimum atomic E-state index is -4.62. The summed E-state index contributed by atoms with van der Waals surface area (Å²) in [5.74, 6) is 0.585. The lowest BCUT2D eigenvalue weighted by Gasteiger charge is -2.15. The first-order valence-electron chi connectivity index (χ1n) is 6.37. The Bertz CT molecular complexity index is 602. The van der Waals surface area contributed by atoms with E-state index in [9.17, 15) is 14.2 Å². The van der Waals surface area contributed by atoms with Crippen molar-refractivity contribution in [2.45, 2.75) is 6.04 Å². The Morgan fingerprint density at radius 3 is 2.68 bits per heavy atom. The molecule has 22 heavy (non-hydrogen) atoms. The van der Waals surface area contributed by atoms with Crippen LogP contribution < -0.4 is 15.2 Å². The predicted octanol–water partition coefficient (Wildman–Crippen LogP) is 0.119. The molecule has 1 aromatic carbocycles. The van der Waals surface area contributed by atoms with E-state index in [1.165, 1.54) is 24.3 Å². The van der Waals surface area contributed by atoms with Gasteiger partial charge in [0.15, 0.2) is 0 Å². The number of rotatable bonds is 4. The maximum absolute atomic E-state index is 12.1. The summed E-state index contributed by atoms with van der Waals surface area (Å²) in [6, 6.07) is 4.67. The van der Waals surface area contributed by atoms with Crippen LogP contribution in [0.15, 0.2) is 24.3 Å². The SMILES string of the molecule is O=C(N[C@H]1CSCCNC1=O)c1ccc(OP(=O)(O)O)cc1. The van der Waals surface area contributed by atoms with Gasteiger partial charge in [0.05, 0.1) is 0 Å². The summed E-state index contributed by atoms with van der Waals surface area (Å²) in [7, 11) is -4.62. The Morgan fingerprint density at radius 2 is 2.05 bits per heavy atom.